The SMILES string of the molecule is CCCCCC/C=C/CCCCCCCCCCCC(=O)OC[C@H](COP(=O)(O)OCC[N+](C)(C)C)OC(=O)CCCCCCCCC/C=C/CCCCCC. The molecule has 1 unspecified atom stereocenters. The highest BCUT2D eigenvalue weighted by atomic mass is 31.2. The van der Waals surface area contributed by atoms with Gasteiger partial charge in [-0.15, -0.1) is 0 Å². The predicted octanol–water partition coefficient (Wildman–Crippen LogP) is 13.1. The smallest absolute Gasteiger partial charge is 0.462 e. The number of phosphoric ester groups is 1. The summed E-state index contributed by atoms with van der Waals surface area (Å²) in [5.74, 6) is -0.800. The normalized spacial score (nSPS) is 13.8. The molecule has 0 heterocycles. The number of hydrogen-bond acceptors (Lipinski definition) is 7. The van der Waals surface area contributed by atoms with Crippen LogP contribution in [0.3, 0.4) is 0 Å². The first-order valence-electron chi connectivity index (χ1n) is 23.1. The number of allylic oxidation sites excluding steroid dienone is 4. The summed E-state index contributed by atoms with van der Waals surface area (Å²) >= 11 is 0. The lowest BCUT2D eigenvalue weighted by Gasteiger charge is -2.24. The molecule has 0 saturated heterocycles. The summed E-state index contributed by atoms with van der Waals surface area (Å²) < 4.78 is 34.3. The van der Waals surface area contributed by atoms with E-state index in [9.17, 15) is 19.0 Å². The zero-order valence-corrected chi connectivity index (χ0v) is 38.0. The van der Waals surface area contributed by atoms with Crippen molar-refractivity contribution in [3.05, 3.63) is 24.3 Å². The van der Waals surface area contributed by atoms with Crippen LogP contribution in [0.25, 0.3) is 0 Å². The minimum atomic E-state index is -4.37. The number of nitrogens with zero attached hydrogens (tertiary/aromatic N) is 1. The summed E-state index contributed by atoms with van der Waals surface area (Å²) in [6.07, 6.45) is 42.1. The molecule has 0 spiro atoms. The third kappa shape index (κ3) is 42.1. The van der Waals surface area contributed by atoms with Gasteiger partial charge in [-0.1, -0.05) is 154 Å². The molecule has 2 atom stereocenters. The van der Waals surface area contributed by atoms with Crippen molar-refractivity contribution >= 4 is 19.8 Å². The monoisotopic (exact) mass is 815 g/mol. The van der Waals surface area contributed by atoms with E-state index in [1.165, 1.54) is 128 Å². The van der Waals surface area contributed by atoms with E-state index in [4.69, 9.17) is 18.5 Å². The van der Waals surface area contributed by atoms with Gasteiger partial charge in [0.15, 0.2) is 6.10 Å². The third-order valence-electron chi connectivity index (χ3n) is 9.95. The van der Waals surface area contributed by atoms with Crippen molar-refractivity contribution in [1.29, 1.82) is 0 Å². The molecule has 0 saturated carbocycles. The fraction of sp³-hybridized carbons (Fsp3) is 0.870. The molecule has 0 bridgehead atoms. The van der Waals surface area contributed by atoms with Crippen LogP contribution >= 0.6 is 7.82 Å². The Hall–Kier alpha value is -1.51. The summed E-state index contributed by atoms with van der Waals surface area (Å²) in [7, 11) is 1.48. The number of carbonyl (C=O) groups excluding carboxylic acids is 2. The summed E-state index contributed by atoms with van der Waals surface area (Å²) in [5.41, 5.74) is 0. The van der Waals surface area contributed by atoms with E-state index >= 15 is 0 Å². The average molecular weight is 815 g/mol. The highest BCUT2D eigenvalue weighted by Crippen LogP contribution is 2.43. The maximum absolute atomic E-state index is 12.7. The van der Waals surface area contributed by atoms with Crippen LogP contribution in [-0.4, -0.2) is 74.9 Å². The van der Waals surface area contributed by atoms with Crippen molar-refractivity contribution < 1.29 is 42.1 Å². The van der Waals surface area contributed by atoms with Gasteiger partial charge in [0.2, 0.25) is 0 Å². The maximum Gasteiger partial charge on any atom is 0.472 e. The Morgan fingerprint density at radius 2 is 0.911 bits per heavy atom. The van der Waals surface area contributed by atoms with Gasteiger partial charge in [0, 0.05) is 12.8 Å². The summed E-state index contributed by atoms with van der Waals surface area (Å²) in [6, 6.07) is 0. The second-order valence-electron chi connectivity index (χ2n) is 16.8. The molecular weight excluding hydrogens is 725 g/mol. The molecule has 0 aromatic heterocycles. The number of carbonyl (C=O) groups is 2. The molecule has 330 valence electrons. The largest absolute Gasteiger partial charge is 0.472 e. The molecule has 9 nitrogen and oxygen atoms in total. The van der Waals surface area contributed by atoms with Gasteiger partial charge in [0.1, 0.15) is 19.8 Å². The lowest BCUT2D eigenvalue weighted by Crippen LogP contribution is -2.37. The Bertz CT molecular complexity index is 1010. The Balaban J connectivity index is 4.32. The van der Waals surface area contributed by atoms with Gasteiger partial charge in [-0.25, -0.2) is 4.57 Å². The van der Waals surface area contributed by atoms with Crippen LogP contribution in [0.1, 0.15) is 206 Å². The molecule has 10 heteroatoms. The number of ether oxygens (including phenoxy) is 2. The number of rotatable bonds is 42. The van der Waals surface area contributed by atoms with E-state index in [0.717, 1.165) is 44.9 Å². The Morgan fingerprint density at radius 1 is 0.536 bits per heavy atom. The van der Waals surface area contributed by atoms with Gasteiger partial charge < -0.3 is 18.9 Å². The van der Waals surface area contributed by atoms with Gasteiger partial charge >= 0.3 is 19.8 Å². The second kappa shape index (κ2) is 39.0. The van der Waals surface area contributed by atoms with E-state index < -0.39 is 26.5 Å². The molecule has 0 aliphatic heterocycles. The molecule has 56 heavy (non-hydrogen) atoms. The first kappa shape index (κ1) is 54.5. The number of likely N-dealkylation sites (N-methyl/N-ethyl adjacent to an activating group) is 1. The molecule has 0 rings (SSSR count). The first-order chi connectivity index (χ1) is 27.0. The highest BCUT2D eigenvalue weighted by molar-refractivity contribution is 7.47. The summed E-state index contributed by atoms with van der Waals surface area (Å²) in [6.45, 7) is 4.41. The molecule has 0 aliphatic rings. The van der Waals surface area contributed by atoms with Gasteiger partial charge in [0.05, 0.1) is 27.7 Å². The van der Waals surface area contributed by atoms with Gasteiger partial charge in [0.25, 0.3) is 0 Å². The number of quaternary nitrogens is 1. The molecule has 1 N–H and O–H groups in total. The van der Waals surface area contributed by atoms with Crippen LogP contribution in [0.5, 0.6) is 0 Å². The Labute approximate surface area is 345 Å². The highest BCUT2D eigenvalue weighted by Gasteiger charge is 2.27. The zero-order chi connectivity index (χ0) is 41.4. The van der Waals surface area contributed by atoms with Gasteiger partial charge in [-0.05, 0) is 64.2 Å². The molecule has 0 aromatic rings. The minimum absolute atomic E-state index is 0.0319. The third-order valence-corrected chi connectivity index (χ3v) is 10.9. The van der Waals surface area contributed by atoms with Crippen LogP contribution in [-0.2, 0) is 32.7 Å². The molecule has 0 aliphatic carbocycles. The van der Waals surface area contributed by atoms with Crippen LogP contribution in [0.2, 0.25) is 0 Å². The van der Waals surface area contributed by atoms with Crippen LogP contribution in [0.15, 0.2) is 24.3 Å². The molecule has 0 fully saturated rings. The van der Waals surface area contributed by atoms with Crippen LogP contribution < -0.4 is 0 Å². The number of phosphoric acid groups is 1. The van der Waals surface area contributed by atoms with Crippen molar-refractivity contribution in [2.24, 2.45) is 0 Å². The fourth-order valence-electron chi connectivity index (χ4n) is 6.30. The van der Waals surface area contributed by atoms with Crippen molar-refractivity contribution in [2.45, 2.75) is 213 Å². The second-order valence-corrected chi connectivity index (χ2v) is 18.2. The quantitative estimate of drug-likeness (QED) is 0.0213. The number of unbranched alkanes of at least 4 members (excludes halogenated alkanes) is 24. The average Bonchev–Trinajstić information content (AvgIpc) is 3.15. The molecule has 0 amide bonds. The van der Waals surface area contributed by atoms with Crippen molar-refractivity contribution in [1.82, 2.24) is 0 Å². The minimum Gasteiger partial charge on any atom is -0.462 e. The van der Waals surface area contributed by atoms with Crippen molar-refractivity contribution in [2.75, 3.05) is 47.5 Å². The van der Waals surface area contributed by atoms with E-state index in [0.29, 0.717) is 17.4 Å². The Kier molecular flexibility index (Phi) is 37.9. The summed E-state index contributed by atoms with van der Waals surface area (Å²) in [5, 5.41) is 0. The van der Waals surface area contributed by atoms with Gasteiger partial charge in [-0.3, -0.25) is 18.6 Å². The lowest BCUT2D eigenvalue weighted by molar-refractivity contribution is -0.870. The number of esters is 2. The molecule has 0 radical (unpaired) electrons. The van der Waals surface area contributed by atoms with Crippen LogP contribution in [0.4, 0.5) is 0 Å². The topological polar surface area (TPSA) is 108 Å². The molecular formula is C46H89NO8P+. The van der Waals surface area contributed by atoms with Crippen molar-refractivity contribution in [3.8, 4) is 0 Å². The Morgan fingerprint density at radius 3 is 1.32 bits per heavy atom. The van der Waals surface area contributed by atoms with E-state index in [1.54, 1.807) is 0 Å². The predicted molar refractivity (Wildman–Crippen MR) is 234 cm³/mol. The fourth-order valence-corrected chi connectivity index (χ4v) is 7.04. The van der Waals surface area contributed by atoms with E-state index in [1.807, 2.05) is 21.1 Å². The molecule has 0 aromatic carbocycles. The van der Waals surface area contributed by atoms with Crippen LogP contribution in [0, 0.1) is 0 Å². The first-order valence-corrected chi connectivity index (χ1v) is 24.6. The van der Waals surface area contributed by atoms with E-state index in [-0.39, 0.29) is 32.0 Å². The summed E-state index contributed by atoms with van der Waals surface area (Å²) in [4.78, 5) is 35.4. The maximum atomic E-state index is 12.7. The number of hydrogen-bond donors (Lipinski definition) is 1. The van der Waals surface area contributed by atoms with Gasteiger partial charge in [-0.2, -0.15) is 0 Å². The van der Waals surface area contributed by atoms with Crippen molar-refractivity contribution in [3.63, 3.8) is 0 Å². The standard InChI is InChI=1S/C46H88NO8P/c1-6-8-10-12-14-16-18-20-22-23-25-26-28-30-32-34-36-38-45(48)52-42-44(43-54-56(50,51)53-41-40-47(3,4)5)55-46(49)39-37-35-33-31-29-27-24-21-19-17-15-13-11-9-7-2/h16-19,44H,6-15,20-43H2,1-5H3/p+1/b18-16+,19-17+/t44-/m1/s1. The zero-order valence-electron chi connectivity index (χ0n) is 37.1. The lowest BCUT2D eigenvalue weighted by atomic mass is 10.1. The van der Waals surface area contributed by atoms with E-state index in [2.05, 4.69) is 38.2 Å².